The minimum Gasteiger partial charge on any atom is -0.497 e. The Morgan fingerprint density at radius 2 is 1.80 bits per heavy atom. The molecule has 0 bridgehead atoms. The molecule has 0 fully saturated rings. The summed E-state index contributed by atoms with van der Waals surface area (Å²) in [6.45, 7) is 0.396. The minimum atomic E-state index is -0.577. The van der Waals surface area contributed by atoms with Crippen molar-refractivity contribution in [3.05, 3.63) is 54.1 Å². The van der Waals surface area contributed by atoms with Gasteiger partial charge in [0.1, 0.15) is 11.5 Å². The standard InChI is InChI=1S/C16H19NO3/c1-19-13-8-9-16(20-2)14(10-13)17-11-15(18)12-6-4-3-5-7-12/h3-10,15,17-18H,11H2,1-2H3/t15-/m0/s1. The number of methoxy groups -OCH3 is 2. The predicted molar refractivity (Wildman–Crippen MR) is 79.4 cm³/mol. The van der Waals surface area contributed by atoms with Gasteiger partial charge in [-0.15, -0.1) is 0 Å². The number of hydrogen-bond acceptors (Lipinski definition) is 4. The molecule has 20 heavy (non-hydrogen) atoms. The first-order chi connectivity index (χ1) is 9.74. The monoisotopic (exact) mass is 273 g/mol. The van der Waals surface area contributed by atoms with Crippen molar-refractivity contribution in [3.63, 3.8) is 0 Å². The van der Waals surface area contributed by atoms with Crippen molar-refractivity contribution in [2.75, 3.05) is 26.1 Å². The number of nitrogens with one attached hydrogen (secondary N) is 1. The van der Waals surface area contributed by atoms with Crippen LogP contribution in [-0.4, -0.2) is 25.9 Å². The van der Waals surface area contributed by atoms with Gasteiger partial charge in [0.15, 0.2) is 0 Å². The summed E-state index contributed by atoms with van der Waals surface area (Å²) in [6.07, 6.45) is -0.577. The Kier molecular flexibility index (Phi) is 4.85. The molecule has 1 atom stereocenters. The molecule has 0 aromatic heterocycles. The lowest BCUT2D eigenvalue weighted by Gasteiger charge is -2.16. The third kappa shape index (κ3) is 3.42. The fraction of sp³-hybridized carbons (Fsp3) is 0.250. The van der Waals surface area contributed by atoms with Crippen LogP contribution in [0.3, 0.4) is 0 Å². The smallest absolute Gasteiger partial charge is 0.142 e. The fourth-order valence-electron chi connectivity index (χ4n) is 1.95. The van der Waals surface area contributed by atoms with E-state index in [4.69, 9.17) is 9.47 Å². The third-order valence-electron chi connectivity index (χ3n) is 3.08. The van der Waals surface area contributed by atoms with E-state index in [0.717, 1.165) is 17.0 Å². The summed E-state index contributed by atoms with van der Waals surface area (Å²) >= 11 is 0. The van der Waals surface area contributed by atoms with E-state index in [1.807, 2.05) is 48.5 Å². The molecule has 2 aromatic carbocycles. The zero-order chi connectivity index (χ0) is 14.4. The Balaban J connectivity index is 2.06. The molecule has 0 amide bonds. The summed E-state index contributed by atoms with van der Waals surface area (Å²) < 4.78 is 10.5. The molecule has 0 unspecified atom stereocenters. The molecule has 2 N–H and O–H groups in total. The van der Waals surface area contributed by atoms with Crippen LogP contribution in [0.2, 0.25) is 0 Å². The lowest BCUT2D eigenvalue weighted by molar-refractivity contribution is 0.191. The average molecular weight is 273 g/mol. The number of anilines is 1. The van der Waals surface area contributed by atoms with Gasteiger partial charge in [-0.3, -0.25) is 0 Å². The van der Waals surface area contributed by atoms with Crippen LogP contribution < -0.4 is 14.8 Å². The topological polar surface area (TPSA) is 50.7 Å². The van der Waals surface area contributed by atoms with Crippen LogP contribution in [0.5, 0.6) is 11.5 Å². The highest BCUT2D eigenvalue weighted by molar-refractivity contribution is 5.59. The molecule has 0 aliphatic carbocycles. The number of hydrogen-bond donors (Lipinski definition) is 2. The molecule has 0 spiro atoms. The Morgan fingerprint density at radius 1 is 1.05 bits per heavy atom. The molecule has 0 aliphatic heterocycles. The zero-order valence-corrected chi connectivity index (χ0v) is 11.7. The number of ether oxygens (including phenoxy) is 2. The summed E-state index contributed by atoms with van der Waals surface area (Å²) in [5.74, 6) is 1.45. The van der Waals surface area contributed by atoms with Gasteiger partial charge in [0, 0.05) is 12.6 Å². The SMILES string of the molecule is COc1ccc(OC)c(NC[C@H](O)c2ccccc2)c1. The van der Waals surface area contributed by atoms with Crippen LogP contribution in [0.4, 0.5) is 5.69 Å². The van der Waals surface area contributed by atoms with Crippen molar-refractivity contribution in [1.29, 1.82) is 0 Å². The highest BCUT2D eigenvalue weighted by atomic mass is 16.5. The summed E-state index contributed by atoms with van der Waals surface area (Å²) in [4.78, 5) is 0. The van der Waals surface area contributed by atoms with Crippen LogP contribution >= 0.6 is 0 Å². The lowest BCUT2D eigenvalue weighted by atomic mass is 10.1. The summed E-state index contributed by atoms with van der Waals surface area (Å²) in [6, 6.07) is 15.0. The molecule has 4 nitrogen and oxygen atoms in total. The average Bonchev–Trinajstić information content (AvgIpc) is 2.53. The molecular formula is C16H19NO3. The molecule has 0 saturated heterocycles. The van der Waals surface area contributed by atoms with Gasteiger partial charge in [0.25, 0.3) is 0 Å². The maximum atomic E-state index is 10.1. The van der Waals surface area contributed by atoms with Gasteiger partial charge in [0.05, 0.1) is 26.0 Å². The first kappa shape index (κ1) is 14.2. The zero-order valence-electron chi connectivity index (χ0n) is 11.7. The predicted octanol–water partition coefficient (Wildman–Crippen LogP) is 2.85. The van der Waals surface area contributed by atoms with E-state index >= 15 is 0 Å². The van der Waals surface area contributed by atoms with Crippen LogP contribution in [0.25, 0.3) is 0 Å². The Labute approximate surface area is 119 Å². The normalized spacial score (nSPS) is 11.8. The lowest BCUT2D eigenvalue weighted by Crippen LogP contribution is -2.12. The summed E-state index contributed by atoms with van der Waals surface area (Å²) in [5.41, 5.74) is 1.67. The van der Waals surface area contributed by atoms with E-state index in [1.165, 1.54) is 0 Å². The second-order valence-corrected chi connectivity index (χ2v) is 4.37. The summed E-state index contributed by atoms with van der Waals surface area (Å²) in [7, 11) is 3.23. The van der Waals surface area contributed by atoms with Gasteiger partial charge in [0.2, 0.25) is 0 Å². The maximum Gasteiger partial charge on any atom is 0.142 e. The minimum absolute atomic E-state index is 0.396. The molecular weight excluding hydrogens is 254 g/mol. The van der Waals surface area contributed by atoms with Crippen LogP contribution in [0, 0.1) is 0 Å². The second-order valence-electron chi connectivity index (χ2n) is 4.37. The van der Waals surface area contributed by atoms with E-state index in [0.29, 0.717) is 12.3 Å². The Morgan fingerprint density at radius 3 is 2.45 bits per heavy atom. The van der Waals surface area contributed by atoms with Crippen molar-refractivity contribution < 1.29 is 14.6 Å². The van der Waals surface area contributed by atoms with E-state index < -0.39 is 6.10 Å². The molecule has 2 aromatic rings. The number of aliphatic hydroxyl groups excluding tert-OH is 1. The van der Waals surface area contributed by atoms with Gasteiger partial charge in [-0.2, -0.15) is 0 Å². The van der Waals surface area contributed by atoms with Gasteiger partial charge in [-0.1, -0.05) is 30.3 Å². The van der Waals surface area contributed by atoms with E-state index in [1.54, 1.807) is 14.2 Å². The molecule has 0 aliphatic rings. The van der Waals surface area contributed by atoms with Gasteiger partial charge >= 0.3 is 0 Å². The summed E-state index contributed by atoms with van der Waals surface area (Å²) in [5, 5.41) is 13.3. The molecule has 106 valence electrons. The largest absolute Gasteiger partial charge is 0.497 e. The van der Waals surface area contributed by atoms with E-state index in [-0.39, 0.29) is 0 Å². The number of rotatable bonds is 6. The Bertz CT molecular complexity index is 543. The quantitative estimate of drug-likeness (QED) is 0.849. The van der Waals surface area contributed by atoms with E-state index in [2.05, 4.69) is 5.32 Å². The van der Waals surface area contributed by atoms with Crippen molar-refractivity contribution >= 4 is 5.69 Å². The first-order valence-electron chi connectivity index (χ1n) is 6.43. The Hall–Kier alpha value is -2.20. The van der Waals surface area contributed by atoms with Crippen LogP contribution in [0.1, 0.15) is 11.7 Å². The molecule has 0 radical (unpaired) electrons. The van der Waals surface area contributed by atoms with Crippen LogP contribution in [0.15, 0.2) is 48.5 Å². The molecule has 4 heteroatoms. The number of benzene rings is 2. The third-order valence-corrected chi connectivity index (χ3v) is 3.08. The highest BCUT2D eigenvalue weighted by Crippen LogP contribution is 2.29. The molecule has 0 saturated carbocycles. The van der Waals surface area contributed by atoms with Crippen molar-refractivity contribution in [2.24, 2.45) is 0 Å². The fourth-order valence-corrected chi connectivity index (χ4v) is 1.95. The number of aliphatic hydroxyl groups is 1. The van der Waals surface area contributed by atoms with E-state index in [9.17, 15) is 5.11 Å². The van der Waals surface area contributed by atoms with Crippen molar-refractivity contribution in [1.82, 2.24) is 0 Å². The van der Waals surface area contributed by atoms with Gasteiger partial charge < -0.3 is 19.9 Å². The van der Waals surface area contributed by atoms with Gasteiger partial charge in [-0.25, -0.2) is 0 Å². The van der Waals surface area contributed by atoms with Gasteiger partial charge in [-0.05, 0) is 17.7 Å². The first-order valence-corrected chi connectivity index (χ1v) is 6.43. The molecule has 2 rings (SSSR count). The van der Waals surface area contributed by atoms with Crippen molar-refractivity contribution in [3.8, 4) is 11.5 Å². The molecule has 0 heterocycles. The maximum absolute atomic E-state index is 10.1. The van der Waals surface area contributed by atoms with Crippen molar-refractivity contribution in [2.45, 2.75) is 6.10 Å². The van der Waals surface area contributed by atoms with Crippen LogP contribution in [-0.2, 0) is 0 Å². The second kappa shape index (κ2) is 6.82. The highest BCUT2D eigenvalue weighted by Gasteiger charge is 2.09.